The lowest BCUT2D eigenvalue weighted by atomic mass is 10.1. The van der Waals surface area contributed by atoms with Crippen LogP contribution in [0, 0.1) is 27.7 Å². The minimum atomic E-state index is -3.75. The maximum absolute atomic E-state index is 12.8. The molecule has 0 aliphatic rings. The molecular weight excluding hydrogens is 668 g/mol. The van der Waals surface area contributed by atoms with E-state index in [-0.39, 0.29) is 42.3 Å². The summed E-state index contributed by atoms with van der Waals surface area (Å²) in [6.07, 6.45) is -0.230. The molecule has 2 rings (SSSR count). The smallest absolute Gasteiger partial charge is 0.307 e. The molecule has 0 saturated carbocycles. The monoisotopic (exact) mass is 718 g/mol. The van der Waals surface area contributed by atoms with Crippen LogP contribution in [0.3, 0.4) is 0 Å². The lowest BCUT2D eigenvalue weighted by Gasteiger charge is -2.20. The van der Waals surface area contributed by atoms with E-state index in [1.807, 2.05) is 0 Å². The van der Waals surface area contributed by atoms with Gasteiger partial charge in [0.15, 0.2) is 0 Å². The van der Waals surface area contributed by atoms with Crippen molar-refractivity contribution in [1.29, 1.82) is 0 Å². The molecule has 14 nitrogen and oxygen atoms in total. The summed E-state index contributed by atoms with van der Waals surface area (Å²) in [5.41, 5.74) is 2.30. The number of hydrogen-bond acceptors (Lipinski definition) is 11. The Kier molecular flexibility index (Phi) is 18.1. The average molecular weight is 719 g/mol. The van der Waals surface area contributed by atoms with Gasteiger partial charge in [-0.1, -0.05) is 0 Å². The van der Waals surface area contributed by atoms with Gasteiger partial charge in [-0.05, 0) is 81.1 Å². The van der Waals surface area contributed by atoms with Gasteiger partial charge in [-0.15, -0.1) is 0 Å². The van der Waals surface area contributed by atoms with Crippen LogP contribution in [0.5, 0.6) is 11.5 Å². The summed E-state index contributed by atoms with van der Waals surface area (Å²) in [5, 5.41) is 8.70. The largest absolute Gasteiger partial charge is 0.491 e. The summed E-state index contributed by atoms with van der Waals surface area (Å²) >= 11 is 0. The van der Waals surface area contributed by atoms with Gasteiger partial charge in [0.2, 0.25) is 20.0 Å². The second-order valence-corrected chi connectivity index (χ2v) is 14.8. The highest BCUT2D eigenvalue weighted by Crippen LogP contribution is 2.29. The van der Waals surface area contributed by atoms with Crippen molar-refractivity contribution >= 4 is 32.0 Å². The van der Waals surface area contributed by atoms with E-state index >= 15 is 0 Å². The topological polar surface area (TPSA) is 175 Å². The fourth-order valence-electron chi connectivity index (χ4n) is 4.57. The summed E-state index contributed by atoms with van der Waals surface area (Å²) in [6, 6.07) is 6.69. The highest BCUT2D eigenvalue weighted by Gasteiger charge is 2.27. The van der Waals surface area contributed by atoms with E-state index in [1.54, 1.807) is 73.1 Å². The van der Waals surface area contributed by atoms with E-state index in [0.717, 1.165) is 4.31 Å². The molecule has 1 N–H and O–H groups in total. The van der Waals surface area contributed by atoms with E-state index in [1.165, 1.54) is 18.4 Å². The fourth-order valence-corrected chi connectivity index (χ4v) is 7.72. The van der Waals surface area contributed by atoms with Gasteiger partial charge in [-0.3, -0.25) is 9.59 Å². The molecule has 2 aromatic rings. The van der Waals surface area contributed by atoms with Crippen LogP contribution in [0.2, 0.25) is 0 Å². The van der Waals surface area contributed by atoms with Crippen molar-refractivity contribution in [3.63, 3.8) is 0 Å². The Labute approximate surface area is 285 Å². The summed E-state index contributed by atoms with van der Waals surface area (Å²) in [7, 11) is -1.47. The maximum Gasteiger partial charge on any atom is 0.307 e. The fraction of sp³-hybridized carbons (Fsp3) is 0.562. The second kappa shape index (κ2) is 20.3. The minimum Gasteiger partial charge on any atom is -0.491 e. The van der Waals surface area contributed by atoms with Crippen molar-refractivity contribution < 1.29 is 55.2 Å². The number of ether oxygens (including phenoxy) is 5. The molecular formula is C32H50N2O12S2. The van der Waals surface area contributed by atoms with Crippen LogP contribution in [0.15, 0.2) is 34.1 Å². The summed E-state index contributed by atoms with van der Waals surface area (Å²) < 4.78 is 78.9. The van der Waals surface area contributed by atoms with E-state index < -0.39 is 32.0 Å². The number of carboxylic acid groups (broad SMARTS) is 1. The van der Waals surface area contributed by atoms with Crippen molar-refractivity contribution in [3.05, 3.63) is 46.5 Å². The highest BCUT2D eigenvalue weighted by atomic mass is 32.2. The Morgan fingerprint density at radius 2 is 1.02 bits per heavy atom. The molecule has 0 spiro atoms. The van der Waals surface area contributed by atoms with Gasteiger partial charge in [0.1, 0.15) is 24.7 Å². The van der Waals surface area contributed by atoms with Crippen LogP contribution in [-0.2, 0) is 43.8 Å². The number of sulfonamides is 2. The van der Waals surface area contributed by atoms with E-state index in [9.17, 15) is 26.4 Å². The van der Waals surface area contributed by atoms with E-state index in [2.05, 4.69) is 0 Å². The predicted octanol–water partition coefficient (Wildman–Crippen LogP) is 3.33. The van der Waals surface area contributed by atoms with Gasteiger partial charge in [0.05, 0.1) is 42.5 Å². The zero-order chi connectivity index (χ0) is 36.7. The number of nitrogens with zero attached hydrogens (tertiary/aromatic N) is 2. The first-order chi connectivity index (χ1) is 22.4. The predicted molar refractivity (Wildman–Crippen MR) is 180 cm³/mol. The van der Waals surface area contributed by atoms with E-state index in [4.69, 9.17) is 28.8 Å². The lowest BCUT2D eigenvalue weighted by molar-refractivity contribution is -0.143. The summed E-state index contributed by atoms with van der Waals surface area (Å²) in [5.74, 6) is -0.286. The summed E-state index contributed by atoms with van der Waals surface area (Å²) in [4.78, 5) is 22.5. The molecule has 16 heteroatoms. The van der Waals surface area contributed by atoms with Crippen molar-refractivity contribution in [2.45, 2.75) is 57.3 Å². The Balaban J connectivity index is 0.000000482. The summed E-state index contributed by atoms with van der Waals surface area (Å²) in [6.45, 7) is 10.5. The Hall–Kier alpha value is -3.28. The van der Waals surface area contributed by atoms with Crippen molar-refractivity contribution in [2.24, 2.45) is 0 Å². The van der Waals surface area contributed by atoms with Gasteiger partial charge in [-0.2, -0.15) is 0 Å². The number of aliphatic carboxylic acids is 1. The number of carboxylic acids is 1. The number of benzene rings is 2. The lowest BCUT2D eigenvalue weighted by Crippen LogP contribution is -2.30. The highest BCUT2D eigenvalue weighted by molar-refractivity contribution is 7.89. The third-order valence-corrected chi connectivity index (χ3v) is 11.2. The van der Waals surface area contributed by atoms with Crippen molar-refractivity contribution in [2.75, 3.05) is 74.4 Å². The number of rotatable bonds is 19. The van der Waals surface area contributed by atoms with Crippen LogP contribution >= 0.6 is 0 Å². The first kappa shape index (κ1) is 42.7. The standard InChI is InChI=1S/C17H27NO6S.C15H23NO6S/c1-6-23-16(19)7-8-18(4)25(20,21)17-13(2)11-15(12-14(17)3)24-10-9-22-5;1-11-9-13(22-8-7-21-4)10-12(2)15(11)23(19,20)16(3)6-5-14(17)18/h11-12H,6-10H2,1-5H3;9-10H,5-8H2,1-4H3,(H,17,18). The van der Waals surface area contributed by atoms with Gasteiger partial charge >= 0.3 is 11.9 Å². The molecule has 0 aromatic heterocycles. The SMILES string of the molecule is CCOC(=O)CCN(C)S(=O)(=O)c1c(C)cc(OCCOC)cc1C.COCCOc1cc(C)c(S(=O)(=O)N(C)CCC(=O)O)c(C)c1. The molecule has 2 aromatic carbocycles. The minimum absolute atomic E-state index is 0.0138. The van der Waals surface area contributed by atoms with Crippen molar-refractivity contribution in [1.82, 2.24) is 8.61 Å². The molecule has 272 valence electrons. The van der Waals surface area contributed by atoms with Crippen LogP contribution in [-0.4, -0.2) is 117 Å². The van der Waals surface area contributed by atoms with Crippen LogP contribution < -0.4 is 9.47 Å². The van der Waals surface area contributed by atoms with Gasteiger partial charge in [-0.25, -0.2) is 25.4 Å². The van der Waals surface area contributed by atoms with Gasteiger partial charge in [0.25, 0.3) is 0 Å². The molecule has 0 unspecified atom stereocenters. The quantitative estimate of drug-likeness (QED) is 0.166. The van der Waals surface area contributed by atoms with E-state index in [0.29, 0.717) is 60.2 Å². The molecule has 0 aliphatic heterocycles. The molecule has 0 heterocycles. The third kappa shape index (κ3) is 13.0. The average Bonchev–Trinajstić information content (AvgIpc) is 2.98. The molecule has 0 amide bonds. The zero-order valence-corrected chi connectivity index (χ0v) is 31.0. The van der Waals surface area contributed by atoms with Crippen LogP contribution in [0.4, 0.5) is 0 Å². The molecule has 0 bridgehead atoms. The molecule has 0 radical (unpaired) electrons. The number of hydrogen-bond donors (Lipinski definition) is 1. The van der Waals surface area contributed by atoms with Crippen LogP contribution in [0.1, 0.15) is 42.0 Å². The first-order valence-electron chi connectivity index (χ1n) is 15.2. The van der Waals surface area contributed by atoms with Gasteiger partial charge < -0.3 is 28.8 Å². The Morgan fingerprint density at radius 3 is 1.33 bits per heavy atom. The maximum atomic E-state index is 12.8. The second-order valence-electron chi connectivity index (χ2n) is 10.8. The molecule has 0 atom stereocenters. The number of aryl methyl sites for hydroxylation is 4. The normalized spacial score (nSPS) is 11.6. The molecule has 0 fully saturated rings. The number of methoxy groups -OCH3 is 2. The number of carbonyl (C=O) groups is 2. The zero-order valence-electron chi connectivity index (χ0n) is 29.3. The Bertz CT molecular complexity index is 1530. The number of esters is 1. The van der Waals surface area contributed by atoms with Gasteiger partial charge in [0, 0.05) is 41.4 Å². The molecule has 0 aliphatic carbocycles. The first-order valence-corrected chi connectivity index (χ1v) is 18.1. The van der Waals surface area contributed by atoms with Crippen LogP contribution in [0.25, 0.3) is 0 Å². The number of carbonyl (C=O) groups excluding carboxylic acids is 1. The Morgan fingerprint density at radius 1 is 0.667 bits per heavy atom. The third-order valence-electron chi connectivity index (χ3n) is 6.89. The molecule has 48 heavy (non-hydrogen) atoms. The molecule has 0 saturated heterocycles. The van der Waals surface area contributed by atoms with Crippen molar-refractivity contribution in [3.8, 4) is 11.5 Å².